The van der Waals surface area contributed by atoms with Gasteiger partial charge in [0, 0.05) is 35.8 Å². The highest BCUT2D eigenvalue weighted by Crippen LogP contribution is 2.29. The lowest BCUT2D eigenvalue weighted by Crippen LogP contribution is -2.26. The number of aliphatic hydroxyl groups excluding tert-OH is 1. The standard InChI is InChI=1S/C23H28N2O7S/c1-4-30-23(27)22-15(2)19-9-8-18(13-21(19)32-22)31-11-10-24-14-20(26)16-6-5-7-17(12-16)25-33(3,28)29/h5-9,12-13,20,24-26H,4,10-11,14H2,1-3H3/t20-/m0/s1. The number of carbonyl (C=O) groups excluding carboxylic acids is 1. The van der Waals surface area contributed by atoms with Crippen LogP contribution in [0.15, 0.2) is 46.9 Å². The summed E-state index contributed by atoms with van der Waals surface area (Å²) in [5, 5.41) is 14.3. The van der Waals surface area contributed by atoms with E-state index in [0.717, 1.165) is 17.2 Å². The summed E-state index contributed by atoms with van der Waals surface area (Å²) < 4.78 is 41.5. The van der Waals surface area contributed by atoms with Crippen molar-refractivity contribution < 1.29 is 32.2 Å². The van der Waals surface area contributed by atoms with E-state index >= 15 is 0 Å². The lowest BCUT2D eigenvalue weighted by Gasteiger charge is -2.14. The number of hydrogen-bond acceptors (Lipinski definition) is 8. The Kier molecular flexibility index (Phi) is 7.96. The molecule has 0 fully saturated rings. The average molecular weight is 477 g/mol. The number of fused-ring (bicyclic) bond motifs is 1. The van der Waals surface area contributed by atoms with Crippen LogP contribution in [-0.4, -0.2) is 52.1 Å². The first-order chi connectivity index (χ1) is 15.7. The van der Waals surface area contributed by atoms with E-state index in [1.54, 1.807) is 50.2 Å². The zero-order valence-electron chi connectivity index (χ0n) is 18.8. The molecule has 1 heterocycles. The normalized spacial score (nSPS) is 12.5. The summed E-state index contributed by atoms with van der Waals surface area (Å²) in [6, 6.07) is 12.0. The fraction of sp³-hybridized carbons (Fsp3) is 0.348. The molecule has 0 bridgehead atoms. The molecule has 0 spiro atoms. The highest BCUT2D eigenvalue weighted by molar-refractivity contribution is 7.92. The van der Waals surface area contributed by atoms with E-state index in [9.17, 15) is 18.3 Å². The first kappa shape index (κ1) is 24.6. The minimum Gasteiger partial charge on any atom is -0.492 e. The van der Waals surface area contributed by atoms with Gasteiger partial charge in [-0.15, -0.1) is 0 Å². The van der Waals surface area contributed by atoms with Crippen LogP contribution < -0.4 is 14.8 Å². The minimum atomic E-state index is -3.39. The summed E-state index contributed by atoms with van der Waals surface area (Å²) in [5.74, 6) is 0.290. The zero-order valence-corrected chi connectivity index (χ0v) is 19.6. The summed E-state index contributed by atoms with van der Waals surface area (Å²) in [4.78, 5) is 12.0. The summed E-state index contributed by atoms with van der Waals surface area (Å²) in [7, 11) is -3.39. The number of sulfonamides is 1. The molecule has 0 saturated carbocycles. The Bertz CT molecular complexity index is 1220. The topological polar surface area (TPSA) is 127 Å². The molecule has 178 valence electrons. The Hall–Kier alpha value is -3.08. The second kappa shape index (κ2) is 10.7. The van der Waals surface area contributed by atoms with Crippen molar-refractivity contribution in [2.45, 2.75) is 20.0 Å². The van der Waals surface area contributed by atoms with Crippen LogP contribution in [0.3, 0.4) is 0 Å². The number of anilines is 1. The van der Waals surface area contributed by atoms with E-state index in [4.69, 9.17) is 13.9 Å². The molecule has 0 saturated heterocycles. The molecular formula is C23H28N2O7S. The third kappa shape index (κ3) is 6.70. The molecule has 33 heavy (non-hydrogen) atoms. The maximum absolute atomic E-state index is 12.0. The van der Waals surface area contributed by atoms with Crippen LogP contribution in [0.1, 0.15) is 34.7 Å². The van der Waals surface area contributed by atoms with E-state index < -0.39 is 22.1 Å². The highest BCUT2D eigenvalue weighted by Gasteiger charge is 2.19. The Morgan fingerprint density at radius 2 is 2.00 bits per heavy atom. The van der Waals surface area contributed by atoms with Gasteiger partial charge in [0.25, 0.3) is 0 Å². The van der Waals surface area contributed by atoms with Crippen LogP contribution in [0.5, 0.6) is 5.75 Å². The number of nitrogens with one attached hydrogen (secondary N) is 2. The average Bonchev–Trinajstić information content (AvgIpc) is 3.08. The van der Waals surface area contributed by atoms with Gasteiger partial charge < -0.3 is 24.3 Å². The lowest BCUT2D eigenvalue weighted by atomic mass is 10.1. The predicted octanol–water partition coefficient (Wildman–Crippen LogP) is 2.99. The molecule has 0 aliphatic heterocycles. The second-order valence-electron chi connectivity index (χ2n) is 7.50. The molecule has 0 radical (unpaired) electrons. The summed E-state index contributed by atoms with van der Waals surface area (Å²) >= 11 is 0. The Morgan fingerprint density at radius 3 is 2.73 bits per heavy atom. The van der Waals surface area contributed by atoms with E-state index in [1.807, 2.05) is 6.07 Å². The fourth-order valence-corrected chi connectivity index (χ4v) is 3.86. The van der Waals surface area contributed by atoms with Crippen LogP contribution in [0.2, 0.25) is 0 Å². The summed E-state index contributed by atoms with van der Waals surface area (Å²) in [6.45, 7) is 4.91. The summed E-state index contributed by atoms with van der Waals surface area (Å²) in [6.07, 6.45) is 0.261. The molecule has 2 aromatic carbocycles. The van der Waals surface area contributed by atoms with Crippen molar-refractivity contribution in [3.8, 4) is 5.75 Å². The molecular weight excluding hydrogens is 448 g/mol. The number of aryl methyl sites for hydroxylation is 1. The minimum absolute atomic E-state index is 0.190. The Labute approximate surface area is 192 Å². The molecule has 0 amide bonds. The number of aliphatic hydroxyl groups is 1. The maximum Gasteiger partial charge on any atom is 0.374 e. The van der Waals surface area contributed by atoms with Gasteiger partial charge in [-0.05, 0) is 43.7 Å². The number of rotatable bonds is 11. The van der Waals surface area contributed by atoms with E-state index in [0.29, 0.717) is 35.7 Å². The van der Waals surface area contributed by atoms with Gasteiger partial charge >= 0.3 is 5.97 Å². The monoisotopic (exact) mass is 476 g/mol. The molecule has 3 rings (SSSR count). The molecule has 1 atom stereocenters. The maximum atomic E-state index is 12.0. The highest BCUT2D eigenvalue weighted by atomic mass is 32.2. The van der Waals surface area contributed by atoms with Crippen molar-refractivity contribution in [1.82, 2.24) is 5.32 Å². The van der Waals surface area contributed by atoms with Gasteiger partial charge in [0.05, 0.1) is 19.0 Å². The number of hydrogen-bond donors (Lipinski definition) is 3. The summed E-state index contributed by atoms with van der Waals surface area (Å²) in [5.41, 5.74) is 2.25. The van der Waals surface area contributed by atoms with Crippen molar-refractivity contribution in [1.29, 1.82) is 0 Å². The van der Waals surface area contributed by atoms with Crippen molar-refractivity contribution in [2.24, 2.45) is 0 Å². The molecule has 10 heteroatoms. The number of furan rings is 1. The first-order valence-corrected chi connectivity index (χ1v) is 12.4. The zero-order chi connectivity index (χ0) is 24.0. The van der Waals surface area contributed by atoms with Gasteiger partial charge in [0.15, 0.2) is 0 Å². The van der Waals surface area contributed by atoms with E-state index in [2.05, 4.69) is 10.0 Å². The number of benzene rings is 2. The molecule has 3 aromatic rings. The van der Waals surface area contributed by atoms with Gasteiger partial charge in [-0.1, -0.05) is 12.1 Å². The van der Waals surface area contributed by atoms with Gasteiger partial charge in [-0.3, -0.25) is 4.72 Å². The Morgan fingerprint density at radius 1 is 1.21 bits per heavy atom. The molecule has 0 unspecified atom stereocenters. The smallest absolute Gasteiger partial charge is 0.374 e. The number of carbonyl (C=O) groups is 1. The van der Waals surface area contributed by atoms with Crippen LogP contribution in [-0.2, 0) is 14.8 Å². The third-order valence-electron chi connectivity index (χ3n) is 4.83. The number of ether oxygens (including phenoxy) is 2. The fourth-order valence-electron chi connectivity index (χ4n) is 3.31. The molecule has 0 aliphatic carbocycles. The van der Waals surface area contributed by atoms with E-state index in [-0.39, 0.29) is 18.9 Å². The molecule has 9 nitrogen and oxygen atoms in total. The van der Waals surface area contributed by atoms with Crippen LogP contribution in [0, 0.1) is 6.92 Å². The molecule has 3 N–H and O–H groups in total. The van der Waals surface area contributed by atoms with Gasteiger partial charge in [-0.2, -0.15) is 0 Å². The van der Waals surface area contributed by atoms with Crippen LogP contribution in [0.4, 0.5) is 5.69 Å². The SMILES string of the molecule is CCOC(=O)c1oc2cc(OCCNC[C@H](O)c3cccc(NS(C)(=O)=O)c3)ccc2c1C. The number of esters is 1. The van der Waals surface area contributed by atoms with Crippen LogP contribution >= 0.6 is 0 Å². The van der Waals surface area contributed by atoms with Gasteiger partial charge in [-0.25, -0.2) is 13.2 Å². The van der Waals surface area contributed by atoms with Crippen molar-refractivity contribution in [3.05, 3.63) is 59.4 Å². The lowest BCUT2D eigenvalue weighted by molar-refractivity contribution is 0.0491. The first-order valence-electron chi connectivity index (χ1n) is 10.5. The van der Waals surface area contributed by atoms with E-state index in [1.165, 1.54) is 0 Å². The van der Waals surface area contributed by atoms with Crippen molar-refractivity contribution >= 4 is 32.6 Å². The largest absolute Gasteiger partial charge is 0.492 e. The van der Waals surface area contributed by atoms with Crippen molar-refractivity contribution in [2.75, 3.05) is 37.3 Å². The third-order valence-corrected chi connectivity index (χ3v) is 5.44. The second-order valence-corrected chi connectivity index (χ2v) is 9.25. The van der Waals surface area contributed by atoms with Gasteiger partial charge in [0.2, 0.25) is 15.8 Å². The predicted molar refractivity (Wildman–Crippen MR) is 125 cm³/mol. The van der Waals surface area contributed by atoms with Crippen LogP contribution in [0.25, 0.3) is 11.0 Å². The molecule has 1 aromatic heterocycles. The quantitative estimate of drug-likeness (QED) is 0.285. The van der Waals surface area contributed by atoms with Crippen molar-refractivity contribution in [3.63, 3.8) is 0 Å². The Balaban J connectivity index is 1.50. The van der Waals surface area contributed by atoms with Gasteiger partial charge in [0.1, 0.15) is 17.9 Å². The molecule has 0 aliphatic rings.